The molecule has 5 heteroatoms. The van der Waals surface area contributed by atoms with Crippen LogP contribution < -0.4 is 0 Å². The molecule has 0 spiro atoms. The van der Waals surface area contributed by atoms with Gasteiger partial charge in [-0.05, 0) is 56.3 Å². The highest BCUT2D eigenvalue weighted by Gasteiger charge is 2.65. The predicted octanol–water partition coefficient (Wildman–Crippen LogP) is 4.47. The maximum atomic E-state index is 13.9. The molecule has 0 unspecified atom stereocenters. The minimum atomic E-state index is -3.33. The fourth-order valence-electron chi connectivity index (χ4n) is 7.16. The quantitative estimate of drug-likeness (QED) is 0.744. The molecule has 4 rings (SSSR count). The van der Waals surface area contributed by atoms with Crippen LogP contribution in [0.1, 0.15) is 97.3 Å². The number of aliphatic hydroxyl groups is 1. The fourth-order valence-corrected chi connectivity index (χ4v) is 9.96. The van der Waals surface area contributed by atoms with E-state index in [4.69, 9.17) is 0 Å². The molecular weight excluding hydrogens is 358 g/mol. The molecule has 4 nitrogen and oxygen atoms in total. The van der Waals surface area contributed by atoms with Crippen LogP contribution in [-0.2, 0) is 10.0 Å². The van der Waals surface area contributed by atoms with Gasteiger partial charge >= 0.3 is 0 Å². The monoisotopic (exact) mass is 397 g/mol. The molecule has 27 heavy (non-hydrogen) atoms. The van der Waals surface area contributed by atoms with Crippen LogP contribution in [0.25, 0.3) is 0 Å². The van der Waals surface area contributed by atoms with Gasteiger partial charge in [-0.1, -0.05) is 52.4 Å². The van der Waals surface area contributed by atoms with E-state index < -0.39 is 10.0 Å². The van der Waals surface area contributed by atoms with Crippen molar-refractivity contribution in [2.45, 2.75) is 116 Å². The van der Waals surface area contributed by atoms with E-state index in [1.807, 2.05) is 4.31 Å². The Labute approximate surface area is 166 Å². The Morgan fingerprint density at radius 3 is 1.81 bits per heavy atom. The summed E-state index contributed by atoms with van der Waals surface area (Å²) in [6.45, 7) is 4.31. The summed E-state index contributed by atoms with van der Waals surface area (Å²) < 4.78 is 29.8. The first-order chi connectivity index (χ1) is 12.8. The van der Waals surface area contributed by atoms with Gasteiger partial charge in [-0.2, -0.15) is 4.31 Å². The third kappa shape index (κ3) is 3.30. The summed E-state index contributed by atoms with van der Waals surface area (Å²) in [5.41, 5.74) is -0.525. The van der Waals surface area contributed by atoms with E-state index in [0.29, 0.717) is 5.92 Å². The molecule has 4 fully saturated rings. The number of hydrogen-bond acceptors (Lipinski definition) is 3. The van der Waals surface area contributed by atoms with Crippen LogP contribution >= 0.6 is 0 Å². The number of sulfonamides is 1. The zero-order chi connectivity index (χ0) is 19.3. The van der Waals surface area contributed by atoms with Crippen LogP contribution in [0.15, 0.2) is 0 Å². The Morgan fingerprint density at radius 1 is 0.889 bits per heavy atom. The average molecular weight is 398 g/mol. The summed E-state index contributed by atoms with van der Waals surface area (Å²) in [6.07, 6.45) is 13.8. The van der Waals surface area contributed by atoms with Gasteiger partial charge in [0.2, 0.25) is 10.0 Å². The fraction of sp³-hybridized carbons (Fsp3) is 1.00. The van der Waals surface area contributed by atoms with Gasteiger partial charge in [0.15, 0.2) is 0 Å². The molecule has 0 aromatic heterocycles. The van der Waals surface area contributed by atoms with Crippen LogP contribution in [0.5, 0.6) is 0 Å². The van der Waals surface area contributed by atoms with Gasteiger partial charge in [0.05, 0.1) is 11.9 Å². The number of rotatable bonds is 5. The summed E-state index contributed by atoms with van der Waals surface area (Å²) in [4.78, 5) is 0. The summed E-state index contributed by atoms with van der Waals surface area (Å²) >= 11 is 0. The summed E-state index contributed by atoms with van der Waals surface area (Å²) in [5, 5.41) is 10.6. The van der Waals surface area contributed by atoms with Gasteiger partial charge in [-0.15, -0.1) is 0 Å². The normalized spacial score (nSPS) is 41.5. The summed E-state index contributed by atoms with van der Waals surface area (Å²) in [6, 6.07) is 0.430. The maximum absolute atomic E-state index is 13.9. The van der Waals surface area contributed by atoms with Crippen molar-refractivity contribution < 1.29 is 13.5 Å². The lowest BCUT2D eigenvalue weighted by Crippen LogP contribution is -2.53. The third-order valence-electron chi connectivity index (χ3n) is 9.13. The molecule has 0 saturated heterocycles. The van der Waals surface area contributed by atoms with Gasteiger partial charge in [0.1, 0.15) is 0 Å². The predicted molar refractivity (Wildman–Crippen MR) is 109 cm³/mol. The van der Waals surface area contributed by atoms with E-state index in [-0.39, 0.29) is 34.8 Å². The van der Waals surface area contributed by atoms with Crippen molar-refractivity contribution in [3.63, 3.8) is 0 Å². The Balaban J connectivity index is 1.62. The van der Waals surface area contributed by atoms with Crippen LogP contribution in [0.2, 0.25) is 0 Å². The van der Waals surface area contributed by atoms with Crippen molar-refractivity contribution in [3.8, 4) is 0 Å². The van der Waals surface area contributed by atoms with Crippen molar-refractivity contribution in [2.75, 3.05) is 5.75 Å². The van der Waals surface area contributed by atoms with E-state index in [1.54, 1.807) is 0 Å². The Hall–Kier alpha value is -0.130. The highest BCUT2D eigenvalue weighted by Crippen LogP contribution is 2.66. The van der Waals surface area contributed by atoms with Crippen LogP contribution in [0, 0.1) is 16.7 Å². The number of aliphatic hydroxyl groups excluding tert-OH is 1. The molecule has 4 aliphatic rings. The first-order valence-electron chi connectivity index (χ1n) is 11.5. The van der Waals surface area contributed by atoms with Gasteiger partial charge in [-0.25, -0.2) is 8.42 Å². The molecule has 1 N–H and O–H groups in total. The van der Waals surface area contributed by atoms with Crippen molar-refractivity contribution in [3.05, 3.63) is 0 Å². The van der Waals surface area contributed by atoms with Gasteiger partial charge in [-0.3, -0.25) is 0 Å². The number of nitrogens with zero attached hydrogens (tertiary/aromatic N) is 1. The second-order valence-electron chi connectivity index (χ2n) is 10.5. The molecule has 4 atom stereocenters. The molecule has 0 aromatic rings. The molecular formula is C22H39NO3S. The molecule has 0 aliphatic heterocycles. The zero-order valence-electron chi connectivity index (χ0n) is 17.3. The molecule has 0 amide bonds. The number of fused-ring (bicyclic) bond motifs is 2. The lowest BCUT2D eigenvalue weighted by Gasteiger charge is -2.45. The summed E-state index contributed by atoms with van der Waals surface area (Å²) in [5.74, 6) is 0.595. The zero-order valence-corrected chi connectivity index (χ0v) is 18.1. The average Bonchev–Trinajstić information content (AvgIpc) is 2.97. The molecule has 4 saturated carbocycles. The van der Waals surface area contributed by atoms with E-state index in [9.17, 15) is 13.5 Å². The summed E-state index contributed by atoms with van der Waals surface area (Å²) in [7, 11) is -3.33. The van der Waals surface area contributed by atoms with Crippen molar-refractivity contribution >= 4 is 10.0 Å². The van der Waals surface area contributed by atoms with Crippen LogP contribution in [-0.4, -0.2) is 41.8 Å². The second kappa shape index (κ2) is 7.28. The Bertz CT molecular complexity index is 620. The highest BCUT2D eigenvalue weighted by atomic mass is 32.2. The van der Waals surface area contributed by atoms with E-state index in [1.165, 1.54) is 38.5 Å². The molecule has 0 radical (unpaired) electrons. The van der Waals surface area contributed by atoms with Crippen molar-refractivity contribution in [1.82, 2.24) is 4.31 Å². The third-order valence-corrected chi connectivity index (χ3v) is 11.3. The Kier molecular flexibility index (Phi) is 5.44. The van der Waals surface area contributed by atoms with Crippen molar-refractivity contribution in [1.29, 1.82) is 0 Å². The smallest absolute Gasteiger partial charge is 0.215 e. The molecule has 0 aromatic carbocycles. The number of hydrogen-bond donors (Lipinski definition) is 1. The molecule has 4 aliphatic carbocycles. The second-order valence-corrected chi connectivity index (χ2v) is 12.4. The van der Waals surface area contributed by atoms with Gasteiger partial charge in [0.25, 0.3) is 0 Å². The lowest BCUT2D eigenvalue weighted by atomic mass is 9.70. The topological polar surface area (TPSA) is 57.6 Å². The first kappa shape index (κ1) is 20.2. The van der Waals surface area contributed by atoms with Crippen molar-refractivity contribution in [2.24, 2.45) is 16.7 Å². The standard InChI is InChI=1S/C22H39NO3S/c1-21-14-13-17(15-20(21)24)22(21,2)16-27(25,26)23(18-9-5-3-6-10-18)19-11-7-4-8-12-19/h17-20,24H,3-16H2,1-2H3/t17-,20-,21+,22+/m1/s1. The molecule has 2 bridgehead atoms. The molecule has 156 valence electrons. The molecule has 0 heterocycles. The highest BCUT2D eigenvalue weighted by molar-refractivity contribution is 7.89. The van der Waals surface area contributed by atoms with Crippen LogP contribution in [0.4, 0.5) is 0 Å². The SMILES string of the molecule is C[C@]1(CS(=O)(=O)N(C2CCCCC2)C2CCCCC2)[C@@H]2CC[C@@]1(C)[C@H](O)C2. The largest absolute Gasteiger partial charge is 0.393 e. The van der Waals surface area contributed by atoms with Crippen LogP contribution in [0.3, 0.4) is 0 Å². The lowest BCUT2D eigenvalue weighted by molar-refractivity contribution is 0.0131. The Morgan fingerprint density at radius 2 is 1.41 bits per heavy atom. The minimum Gasteiger partial charge on any atom is -0.393 e. The van der Waals surface area contributed by atoms with Gasteiger partial charge < -0.3 is 5.11 Å². The minimum absolute atomic E-state index is 0.215. The van der Waals surface area contributed by atoms with E-state index >= 15 is 0 Å². The van der Waals surface area contributed by atoms with E-state index in [2.05, 4.69) is 13.8 Å². The maximum Gasteiger partial charge on any atom is 0.215 e. The van der Waals surface area contributed by atoms with E-state index in [0.717, 1.165) is 44.9 Å². The van der Waals surface area contributed by atoms with Gasteiger partial charge in [0, 0.05) is 17.5 Å². The first-order valence-corrected chi connectivity index (χ1v) is 13.1.